The van der Waals surface area contributed by atoms with Crippen LogP contribution in [0.4, 0.5) is 0 Å². The Morgan fingerprint density at radius 2 is 0.938 bits per heavy atom. The van der Waals surface area contributed by atoms with E-state index in [0.717, 1.165) is 0 Å². The van der Waals surface area contributed by atoms with Crippen LogP contribution in [-0.2, 0) is 38.1 Å². The number of hydrogen-bond acceptors (Lipinski definition) is 10. The number of ether oxygens (including phenoxy) is 6. The van der Waals surface area contributed by atoms with Crippen LogP contribution < -0.4 is 9.47 Å². The molecular weight excluding hydrogens is 620 g/mol. The summed E-state index contributed by atoms with van der Waals surface area (Å²) in [7, 11) is 6.44. The number of amides is 2. The molecule has 0 saturated heterocycles. The fourth-order valence-corrected chi connectivity index (χ4v) is 3.81. The monoisotopic (exact) mass is 664 g/mol. The molecule has 0 aliphatic heterocycles. The molecule has 0 N–H and O–H groups in total. The van der Waals surface area contributed by atoms with Gasteiger partial charge in [-0.3, -0.25) is 19.2 Å². The molecule has 48 heavy (non-hydrogen) atoms. The smallest absolute Gasteiger partial charge is 0.306 e. The van der Waals surface area contributed by atoms with Gasteiger partial charge >= 0.3 is 11.9 Å². The van der Waals surface area contributed by atoms with E-state index in [0.29, 0.717) is 22.6 Å². The van der Waals surface area contributed by atoms with Crippen LogP contribution in [0.5, 0.6) is 11.5 Å². The zero-order valence-electron chi connectivity index (χ0n) is 28.0. The Kier molecular flexibility index (Phi) is 17.7. The van der Waals surface area contributed by atoms with Crippen molar-refractivity contribution in [1.29, 1.82) is 0 Å². The first-order chi connectivity index (χ1) is 23.0. The van der Waals surface area contributed by atoms with E-state index < -0.39 is 24.1 Å². The summed E-state index contributed by atoms with van der Waals surface area (Å²) in [5.74, 6) is 4.60. The Labute approximate surface area is 282 Å². The van der Waals surface area contributed by atoms with Gasteiger partial charge in [0.1, 0.15) is 24.7 Å². The minimum Gasteiger partial charge on any atom is -0.490 e. The Hall–Kier alpha value is -5.04. The van der Waals surface area contributed by atoms with Gasteiger partial charge < -0.3 is 38.2 Å². The van der Waals surface area contributed by atoms with E-state index in [4.69, 9.17) is 41.3 Å². The summed E-state index contributed by atoms with van der Waals surface area (Å²) in [5, 5.41) is 0. The van der Waals surface area contributed by atoms with Crippen molar-refractivity contribution < 1.29 is 47.6 Å². The first-order valence-corrected chi connectivity index (χ1v) is 15.3. The van der Waals surface area contributed by atoms with E-state index in [9.17, 15) is 19.2 Å². The van der Waals surface area contributed by atoms with Crippen LogP contribution in [0.3, 0.4) is 0 Å². The van der Waals surface area contributed by atoms with Crippen molar-refractivity contribution >= 4 is 23.8 Å². The van der Waals surface area contributed by atoms with Crippen LogP contribution in [0.1, 0.15) is 36.8 Å². The molecule has 0 aliphatic carbocycles. The highest BCUT2D eigenvalue weighted by Crippen LogP contribution is 2.14. The average molecular weight is 665 g/mol. The Morgan fingerprint density at radius 3 is 1.25 bits per heavy atom. The first kappa shape index (κ1) is 39.1. The molecule has 0 heterocycles. The van der Waals surface area contributed by atoms with E-state index in [1.807, 2.05) is 0 Å². The maximum absolute atomic E-state index is 12.5. The number of rotatable bonds is 21. The van der Waals surface area contributed by atoms with Crippen molar-refractivity contribution in [1.82, 2.24) is 9.80 Å². The van der Waals surface area contributed by atoms with Crippen LogP contribution >= 0.6 is 0 Å². The molecule has 2 unspecified atom stereocenters. The maximum atomic E-state index is 12.5. The van der Waals surface area contributed by atoms with Gasteiger partial charge in [0, 0.05) is 52.2 Å². The van der Waals surface area contributed by atoms with Crippen molar-refractivity contribution in [3.05, 3.63) is 59.7 Å². The lowest BCUT2D eigenvalue weighted by Crippen LogP contribution is -2.32. The highest BCUT2D eigenvalue weighted by molar-refractivity contribution is 5.81. The van der Waals surface area contributed by atoms with Crippen LogP contribution in [0.15, 0.2) is 48.5 Å². The fourth-order valence-electron chi connectivity index (χ4n) is 3.81. The maximum Gasteiger partial charge on any atom is 0.306 e. The van der Waals surface area contributed by atoms with Gasteiger partial charge in [0.15, 0.2) is 12.2 Å². The minimum atomic E-state index is -0.771. The molecule has 2 aromatic rings. The Balaban J connectivity index is 1.89. The van der Waals surface area contributed by atoms with Crippen molar-refractivity contribution in [2.45, 2.75) is 37.9 Å². The molecule has 0 aliphatic rings. The van der Waals surface area contributed by atoms with Crippen LogP contribution in [0.25, 0.3) is 0 Å². The molecule has 2 amide bonds. The van der Waals surface area contributed by atoms with Gasteiger partial charge in [0.2, 0.25) is 11.8 Å². The number of hydrogen-bond donors (Lipinski definition) is 0. The highest BCUT2D eigenvalue weighted by atomic mass is 16.6. The Bertz CT molecular complexity index is 1280. The topological polar surface area (TPSA) is 130 Å². The largest absolute Gasteiger partial charge is 0.490 e. The molecule has 2 aromatic carbocycles. The molecule has 0 spiro atoms. The summed E-state index contributed by atoms with van der Waals surface area (Å²) in [5.41, 5.74) is 1.39. The van der Waals surface area contributed by atoms with Crippen LogP contribution in [-0.4, -0.2) is 114 Å². The lowest BCUT2D eigenvalue weighted by atomic mass is 10.2. The third-order valence-corrected chi connectivity index (χ3v) is 6.57. The molecular formula is C36H44N2O10. The average Bonchev–Trinajstić information content (AvgIpc) is 3.08. The molecule has 2 rings (SSSR count). The molecule has 12 nitrogen and oxygen atoms in total. The van der Waals surface area contributed by atoms with E-state index in [1.165, 1.54) is 9.80 Å². The van der Waals surface area contributed by atoms with E-state index in [-0.39, 0.29) is 77.1 Å². The zero-order chi connectivity index (χ0) is 35.3. The predicted octanol–water partition coefficient (Wildman–Crippen LogP) is 2.70. The summed E-state index contributed by atoms with van der Waals surface area (Å²) < 4.78 is 34.0. The normalized spacial score (nSPS) is 11.6. The number of terminal acetylenes is 2. The van der Waals surface area contributed by atoms with Gasteiger partial charge in [-0.05, 0) is 48.5 Å². The fraction of sp³-hybridized carbons (Fsp3) is 0.444. The van der Waals surface area contributed by atoms with Gasteiger partial charge in [-0.15, -0.1) is 12.8 Å². The standard InChI is InChI=1S/C36H44N2O10/c1-7-27-9-13-29(14-10-27)45-25-31(47-35(41)19-17-33(39)37(3)4)23-43-21-22-44-24-32(48-36(42)20-18-34(40)38(5)6)26-46-30-15-11-28(8-2)12-16-30/h1-2,9-16,31-32H,17-26H2,3-6H3. The second-order valence-electron chi connectivity index (χ2n) is 10.9. The van der Waals surface area contributed by atoms with E-state index in [1.54, 1.807) is 76.7 Å². The second kappa shape index (κ2) is 21.7. The van der Waals surface area contributed by atoms with E-state index >= 15 is 0 Å². The lowest BCUT2D eigenvalue weighted by molar-refractivity contribution is -0.157. The molecule has 0 fully saturated rings. The number of carbonyl (C=O) groups excluding carboxylic acids is 4. The summed E-state index contributed by atoms with van der Waals surface area (Å²) >= 11 is 0. The minimum absolute atomic E-state index is 0.00234. The molecule has 12 heteroatoms. The predicted molar refractivity (Wildman–Crippen MR) is 177 cm³/mol. The summed E-state index contributed by atoms with van der Waals surface area (Å²) in [6.45, 7) is 0.227. The van der Waals surface area contributed by atoms with Gasteiger partial charge in [0.25, 0.3) is 0 Å². The molecule has 0 saturated carbocycles. The summed E-state index contributed by atoms with van der Waals surface area (Å²) in [6.07, 6.45) is 9.11. The number of nitrogens with zero attached hydrogens (tertiary/aromatic N) is 2. The van der Waals surface area contributed by atoms with Gasteiger partial charge in [0.05, 0.1) is 39.3 Å². The van der Waals surface area contributed by atoms with Gasteiger partial charge in [-0.1, -0.05) is 11.8 Å². The molecule has 0 radical (unpaired) electrons. The Morgan fingerprint density at radius 1 is 0.583 bits per heavy atom. The van der Waals surface area contributed by atoms with Crippen LogP contribution in [0, 0.1) is 24.7 Å². The van der Waals surface area contributed by atoms with Crippen molar-refractivity contribution in [3.63, 3.8) is 0 Å². The quantitative estimate of drug-likeness (QED) is 0.112. The van der Waals surface area contributed by atoms with Crippen molar-refractivity contribution in [2.75, 3.05) is 67.8 Å². The molecule has 2 atom stereocenters. The van der Waals surface area contributed by atoms with Crippen molar-refractivity contribution in [2.24, 2.45) is 0 Å². The number of benzene rings is 2. The number of esters is 2. The highest BCUT2D eigenvalue weighted by Gasteiger charge is 2.20. The van der Waals surface area contributed by atoms with Gasteiger partial charge in [-0.25, -0.2) is 0 Å². The molecule has 0 bridgehead atoms. The van der Waals surface area contributed by atoms with Crippen LogP contribution in [0.2, 0.25) is 0 Å². The first-order valence-electron chi connectivity index (χ1n) is 15.3. The second-order valence-corrected chi connectivity index (χ2v) is 10.9. The molecule has 0 aromatic heterocycles. The summed E-state index contributed by atoms with van der Waals surface area (Å²) in [4.78, 5) is 51.5. The third-order valence-electron chi connectivity index (χ3n) is 6.57. The molecule has 258 valence electrons. The zero-order valence-corrected chi connectivity index (χ0v) is 28.0. The number of carbonyl (C=O) groups is 4. The lowest BCUT2D eigenvalue weighted by Gasteiger charge is -2.20. The van der Waals surface area contributed by atoms with Gasteiger partial charge in [-0.2, -0.15) is 0 Å². The summed E-state index contributed by atoms with van der Waals surface area (Å²) in [6, 6.07) is 13.7. The SMILES string of the molecule is C#Cc1ccc(OCC(COCCOCC(COc2ccc(C#C)cc2)OC(=O)CCC(=O)N(C)C)OC(=O)CCC(=O)N(C)C)cc1. The van der Waals surface area contributed by atoms with Crippen molar-refractivity contribution in [3.8, 4) is 36.2 Å². The van der Waals surface area contributed by atoms with E-state index in [2.05, 4.69) is 11.8 Å². The third kappa shape index (κ3) is 16.0.